The fraction of sp³-hybridized carbons (Fsp3) is 0.941. The van der Waals surface area contributed by atoms with E-state index in [1.165, 1.54) is 0 Å². The van der Waals surface area contributed by atoms with Crippen molar-refractivity contribution in [2.45, 2.75) is 80.2 Å². The summed E-state index contributed by atoms with van der Waals surface area (Å²) in [6, 6.07) is 0. The van der Waals surface area contributed by atoms with Gasteiger partial charge in [0.1, 0.15) is 6.61 Å². The van der Waals surface area contributed by atoms with Crippen LogP contribution in [0.5, 0.6) is 0 Å². The van der Waals surface area contributed by atoms with Crippen LogP contribution < -0.4 is 0 Å². The van der Waals surface area contributed by atoms with Gasteiger partial charge in [0.25, 0.3) is 6.29 Å². The van der Waals surface area contributed by atoms with E-state index in [4.69, 9.17) is 14.4 Å². The van der Waals surface area contributed by atoms with Crippen molar-refractivity contribution in [3.63, 3.8) is 0 Å². The molecule has 3 aliphatic rings. The first kappa shape index (κ1) is 22.8. The number of halogens is 2. The number of alkyl halides is 2. The molecule has 3 aliphatic carbocycles. The molecule has 168 valence electrons. The van der Waals surface area contributed by atoms with Crippen molar-refractivity contribution in [3.05, 3.63) is 0 Å². The van der Waals surface area contributed by atoms with Crippen LogP contribution in [0.2, 0.25) is 0 Å². The zero-order chi connectivity index (χ0) is 21.7. The molecule has 0 spiro atoms. The molecule has 0 amide bonds. The van der Waals surface area contributed by atoms with E-state index >= 15 is 0 Å². The first-order valence-corrected chi connectivity index (χ1v) is 11.0. The number of carbonyl (C=O) groups excluding carboxylic acids is 1. The van der Waals surface area contributed by atoms with Crippen LogP contribution in [0.3, 0.4) is 0 Å². The van der Waals surface area contributed by atoms with Gasteiger partial charge in [-0.25, -0.2) is 4.79 Å². The van der Waals surface area contributed by atoms with Crippen LogP contribution in [0, 0.1) is 11.8 Å². The number of hydrogen-bond donors (Lipinski definition) is 4. The first-order chi connectivity index (χ1) is 13.3. The topological polar surface area (TPSA) is 151 Å². The Balaban J connectivity index is 1.61. The summed E-state index contributed by atoms with van der Waals surface area (Å²) in [7, 11) is -5.99. The molecule has 3 atom stereocenters. The van der Waals surface area contributed by atoms with E-state index in [0.717, 1.165) is 25.7 Å². The monoisotopic (exact) mass is 444 g/mol. The van der Waals surface area contributed by atoms with Crippen LogP contribution in [0.15, 0.2) is 0 Å². The molecule has 0 aromatic carbocycles. The second-order valence-electron chi connectivity index (χ2n) is 8.33. The van der Waals surface area contributed by atoms with Gasteiger partial charge in [-0.1, -0.05) is 25.7 Å². The van der Waals surface area contributed by atoms with Crippen LogP contribution in [0.1, 0.15) is 51.4 Å². The maximum atomic E-state index is 13.3. The van der Waals surface area contributed by atoms with Crippen molar-refractivity contribution in [2.24, 2.45) is 11.8 Å². The smallest absolute Gasteiger partial charge is 0.426 e. The summed E-state index contributed by atoms with van der Waals surface area (Å²) in [6.07, 6.45) is 1.34. The molecule has 3 rings (SSSR count). The van der Waals surface area contributed by atoms with Crippen LogP contribution in [-0.2, 0) is 24.4 Å². The molecule has 0 bridgehead atoms. The lowest BCUT2D eigenvalue weighted by atomic mass is 9.87. The van der Waals surface area contributed by atoms with E-state index in [2.05, 4.69) is 4.74 Å². The van der Waals surface area contributed by atoms with Gasteiger partial charge in [-0.2, -0.15) is 17.2 Å². The highest BCUT2D eigenvalue weighted by molar-refractivity contribution is 7.86. The van der Waals surface area contributed by atoms with Gasteiger partial charge in [0.05, 0.1) is 17.3 Å². The Bertz CT molecular complexity index is 701. The van der Waals surface area contributed by atoms with E-state index < -0.39 is 63.4 Å². The summed E-state index contributed by atoms with van der Waals surface area (Å²) in [5, 5.41) is 25.9. The van der Waals surface area contributed by atoms with Gasteiger partial charge in [-0.3, -0.25) is 4.55 Å². The Morgan fingerprint density at radius 1 is 1.03 bits per heavy atom. The normalized spacial score (nSPS) is 32.1. The molecular weight excluding hydrogens is 418 g/mol. The Labute approximate surface area is 166 Å². The molecule has 0 aliphatic heterocycles. The Morgan fingerprint density at radius 3 is 1.83 bits per heavy atom. The largest absolute Gasteiger partial charge is 0.430 e. The summed E-state index contributed by atoms with van der Waals surface area (Å²) in [4.78, 5) is 11.7. The molecule has 3 unspecified atom stereocenters. The number of carbonyl (C=O) groups is 1. The molecule has 3 fully saturated rings. The van der Waals surface area contributed by atoms with Gasteiger partial charge in [-0.05, 0) is 25.7 Å². The van der Waals surface area contributed by atoms with Crippen molar-refractivity contribution in [3.8, 4) is 0 Å². The van der Waals surface area contributed by atoms with Crippen LogP contribution in [-0.4, -0.2) is 69.7 Å². The molecule has 12 heteroatoms. The molecule has 0 aromatic rings. The molecule has 9 nitrogen and oxygen atoms in total. The predicted octanol–water partition coefficient (Wildman–Crippen LogP) is 0.570. The van der Waals surface area contributed by atoms with E-state index in [-0.39, 0.29) is 0 Å². The molecule has 0 saturated heterocycles. The highest BCUT2D eigenvalue weighted by Crippen LogP contribution is 2.61. The van der Waals surface area contributed by atoms with Crippen molar-refractivity contribution < 1.29 is 51.3 Å². The van der Waals surface area contributed by atoms with E-state index in [1.807, 2.05) is 0 Å². The summed E-state index contributed by atoms with van der Waals surface area (Å²) in [5.41, 5.74) is -2.07. The zero-order valence-corrected chi connectivity index (χ0v) is 16.5. The number of aliphatic hydroxyl groups excluding tert-OH is 1. The molecule has 3 saturated carbocycles. The van der Waals surface area contributed by atoms with Crippen molar-refractivity contribution in [2.75, 3.05) is 6.61 Å². The van der Waals surface area contributed by atoms with Crippen LogP contribution >= 0.6 is 0 Å². The third kappa shape index (κ3) is 4.28. The van der Waals surface area contributed by atoms with Gasteiger partial charge < -0.3 is 24.8 Å². The number of esters is 1. The molecule has 0 radical (unpaired) electrons. The van der Waals surface area contributed by atoms with Crippen LogP contribution in [0.25, 0.3) is 0 Å². The van der Waals surface area contributed by atoms with Gasteiger partial charge in [-0.15, -0.1) is 0 Å². The van der Waals surface area contributed by atoms with E-state index in [9.17, 15) is 32.2 Å². The third-order valence-corrected chi connectivity index (χ3v) is 7.29. The van der Waals surface area contributed by atoms with Gasteiger partial charge in [0.15, 0.2) is 0 Å². The highest BCUT2D eigenvalue weighted by Gasteiger charge is 2.69. The van der Waals surface area contributed by atoms with E-state index in [0.29, 0.717) is 25.7 Å². The Kier molecular flexibility index (Phi) is 6.00. The van der Waals surface area contributed by atoms with Crippen molar-refractivity contribution in [1.82, 2.24) is 0 Å². The minimum atomic E-state index is -5.99. The second-order valence-corrected chi connectivity index (χ2v) is 9.82. The highest BCUT2D eigenvalue weighted by atomic mass is 32.2. The summed E-state index contributed by atoms with van der Waals surface area (Å²) < 4.78 is 65.5. The average molecular weight is 444 g/mol. The minimum absolute atomic E-state index is 0.412. The van der Waals surface area contributed by atoms with Gasteiger partial charge >= 0.3 is 21.3 Å². The lowest BCUT2D eigenvalue weighted by Crippen LogP contribution is -2.44. The lowest BCUT2D eigenvalue weighted by molar-refractivity contribution is -0.209. The summed E-state index contributed by atoms with van der Waals surface area (Å²) >= 11 is 0. The Hall–Kier alpha value is -0.920. The fourth-order valence-corrected chi connectivity index (χ4v) is 5.23. The molecular formula is C17H26F2O9S. The summed E-state index contributed by atoms with van der Waals surface area (Å²) in [5.74, 6) is -2.29. The number of ether oxygens (including phenoxy) is 2. The third-order valence-electron chi connectivity index (χ3n) is 6.40. The van der Waals surface area contributed by atoms with Crippen LogP contribution in [0.4, 0.5) is 8.78 Å². The van der Waals surface area contributed by atoms with Crippen molar-refractivity contribution in [1.29, 1.82) is 0 Å². The van der Waals surface area contributed by atoms with E-state index in [1.54, 1.807) is 0 Å². The lowest BCUT2D eigenvalue weighted by Gasteiger charge is -2.27. The number of rotatable bonds is 8. The number of aliphatic hydroxyl groups is 3. The van der Waals surface area contributed by atoms with Gasteiger partial charge in [0.2, 0.25) is 0 Å². The molecule has 4 N–H and O–H groups in total. The summed E-state index contributed by atoms with van der Waals surface area (Å²) in [6.45, 7) is -0.886. The zero-order valence-electron chi connectivity index (χ0n) is 15.7. The quantitative estimate of drug-likeness (QED) is 0.239. The van der Waals surface area contributed by atoms with Crippen molar-refractivity contribution >= 4 is 16.1 Å². The minimum Gasteiger partial charge on any atom is -0.426 e. The number of hydrogen-bond acceptors (Lipinski definition) is 8. The Morgan fingerprint density at radius 2 is 1.45 bits per heavy atom. The second kappa shape index (κ2) is 7.65. The average Bonchev–Trinajstić information content (AvgIpc) is 2.93. The fourth-order valence-electron chi connectivity index (χ4n) is 4.93. The molecule has 29 heavy (non-hydrogen) atoms. The van der Waals surface area contributed by atoms with Gasteiger partial charge in [0, 0.05) is 11.8 Å². The predicted molar refractivity (Wildman–Crippen MR) is 92.2 cm³/mol. The molecule has 0 aromatic heterocycles. The first-order valence-electron chi connectivity index (χ1n) is 9.61. The standard InChI is InChI=1S/C17H26F2O9S/c18-17(19,29(24,25)26)14(21)28-10(20)9-27-13-11(15(22)5-1-2-6-15)12(13)16(23)7-3-4-8-16/h11-14,21-23H,1-9H2,(H,24,25,26). The maximum Gasteiger partial charge on any atom is 0.430 e. The maximum absolute atomic E-state index is 13.3. The molecule has 0 heterocycles. The SMILES string of the molecule is O=C(COC1C(C2(O)CCCC2)C1C1(O)CCCC1)OC(O)C(F)(F)S(=O)(=O)O.